The molecule has 0 unspecified atom stereocenters. The zero-order valence-electron chi connectivity index (χ0n) is 21.3. The first-order chi connectivity index (χ1) is 18.1. The number of aromatic nitrogens is 1. The summed E-state index contributed by atoms with van der Waals surface area (Å²) in [5, 5.41) is 2.39. The minimum Gasteiger partial charge on any atom is -0.494 e. The SMILES string of the molecule is Cc1cc(OCCCc2cn(CCC(=O)NS(=O)(=O)Cc3ccccc3)c3cc(Cl)ccc23)cc(C)c1Cl. The van der Waals surface area contributed by atoms with Crippen molar-refractivity contribution in [3.8, 4) is 5.75 Å². The molecular formula is C29H30Cl2N2O4S. The number of amides is 1. The summed E-state index contributed by atoms with van der Waals surface area (Å²) >= 11 is 12.5. The zero-order chi connectivity index (χ0) is 27.3. The normalized spacial score (nSPS) is 11.6. The Morgan fingerprint density at radius 2 is 1.71 bits per heavy atom. The van der Waals surface area contributed by atoms with Gasteiger partial charge in [0.2, 0.25) is 15.9 Å². The van der Waals surface area contributed by atoms with Gasteiger partial charge in [-0.05, 0) is 73.2 Å². The molecule has 0 fully saturated rings. The predicted molar refractivity (Wildman–Crippen MR) is 154 cm³/mol. The van der Waals surface area contributed by atoms with Gasteiger partial charge in [0.15, 0.2) is 0 Å². The van der Waals surface area contributed by atoms with Crippen LogP contribution in [0.3, 0.4) is 0 Å². The highest BCUT2D eigenvalue weighted by Crippen LogP contribution is 2.28. The molecule has 6 nitrogen and oxygen atoms in total. The van der Waals surface area contributed by atoms with Gasteiger partial charge in [-0.2, -0.15) is 0 Å². The quantitative estimate of drug-likeness (QED) is 0.205. The molecule has 3 aromatic carbocycles. The van der Waals surface area contributed by atoms with E-state index in [1.54, 1.807) is 24.3 Å². The Balaban J connectivity index is 1.37. The van der Waals surface area contributed by atoms with E-state index in [-0.39, 0.29) is 12.2 Å². The third kappa shape index (κ3) is 7.31. The molecule has 1 aromatic heterocycles. The first-order valence-corrected chi connectivity index (χ1v) is 14.8. The number of fused-ring (bicyclic) bond motifs is 1. The van der Waals surface area contributed by atoms with Gasteiger partial charge in [-0.15, -0.1) is 0 Å². The highest BCUT2D eigenvalue weighted by Gasteiger charge is 2.16. The van der Waals surface area contributed by atoms with Crippen molar-refractivity contribution >= 4 is 50.0 Å². The number of hydrogen-bond acceptors (Lipinski definition) is 4. The fourth-order valence-corrected chi connectivity index (χ4v) is 5.87. The van der Waals surface area contributed by atoms with Gasteiger partial charge in [0.05, 0.1) is 12.4 Å². The van der Waals surface area contributed by atoms with Crippen molar-refractivity contribution in [2.24, 2.45) is 0 Å². The van der Waals surface area contributed by atoms with Gasteiger partial charge in [-0.1, -0.05) is 59.6 Å². The lowest BCUT2D eigenvalue weighted by molar-refractivity contribution is -0.119. The van der Waals surface area contributed by atoms with Crippen LogP contribution in [-0.4, -0.2) is 25.5 Å². The Morgan fingerprint density at radius 1 is 1.00 bits per heavy atom. The number of nitrogens with one attached hydrogen (secondary N) is 1. The summed E-state index contributed by atoms with van der Waals surface area (Å²) < 4.78 is 34.9. The van der Waals surface area contributed by atoms with Crippen molar-refractivity contribution in [3.05, 3.63) is 99.2 Å². The van der Waals surface area contributed by atoms with Crippen LogP contribution >= 0.6 is 23.2 Å². The lowest BCUT2D eigenvalue weighted by Crippen LogP contribution is -2.32. The van der Waals surface area contributed by atoms with E-state index in [1.807, 2.05) is 61.0 Å². The maximum atomic E-state index is 12.5. The molecule has 0 saturated carbocycles. The third-order valence-electron chi connectivity index (χ3n) is 6.24. The van der Waals surface area contributed by atoms with E-state index >= 15 is 0 Å². The van der Waals surface area contributed by atoms with Gasteiger partial charge in [0.25, 0.3) is 0 Å². The van der Waals surface area contributed by atoms with Crippen molar-refractivity contribution in [1.29, 1.82) is 0 Å². The van der Waals surface area contributed by atoms with Crippen LogP contribution in [0.1, 0.15) is 35.1 Å². The Labute approximate surface area is 233 Å². The molecule has 0 aliphatic rings. The van der Waals surface area contributed by atoms with Gasteiger partial charge in [-0.25, -0.2) is 8.42 Å². The number of rotatable bonds is 11. The van der Waals surface area contributed by atoms with Crippen LogP contribution in [0, 0.1) is 13.8 Å². The summed E-state index contributed by atoms with van der Waals surface area (Å²) in [6, 6.07) is 18.3. The molecule has 0 aliphatic carbocycles. The van der Waals surface area contributed by atoms with E-state index in [9.17, 15) is 13.2 Å². The van der Waals surface area contributed by atoms with Gasteiger partial charge < -0.3 is 9.30 Å². The topological polar surface area (TPSA) is 77.4 Å². The Kier molecular flexibility index (Phi) is 9.03. The van der Waals surface area contributed by atoms with Crippen molar-refractivity contribution in [2.75, 3.05) is 6.61 Å². The minimum absolute atomic E-state index is 0.0160. The van der Waals surface area contributed by atoms with Crippen LogP contribution in [-0.2, 0) is 33.5 Å². The number of carbonyl (C=O) groups excluding carboxylic acids is 1. The molecule has 4 aromatic rings. The summed E-state index contributed by atoms with van der Waals surface area (Å²) in [4.78, 5) is 12.5. The first kappa shape index (κ1) is 28.0. The van der Waals surface area contributed by atoms with E-state index in [0.29, 0.717) is 23.7 Å². The highest BCUT2D eigenvalue weighted by atomic mass is 35.5. The van der Waals surface area contributed by atoms with E-state index in [2.05, 4.69) is 4.72 Å². The molecule has 4 rings (SSSR count). The number of aryl methyl sites for hydroxylation is 4. The van der Waals surface area contributed by atoms with E-state index in [1.165, 1.54) is 0 Å². The molecule has 0 bridgehead atoms. The Morgan fingerprint density at radius 3 is 2.42 bits per heavy atom. The summed E-state index contributed by atoms with van der Waals surface area (Å²) in [6.45, 7) is 4.79. The number of sulfonamides is 1. The zero-order valence-corrected chi connectivity index (χ0v) is 23.7. The molecule has 1 N–H and O–H groups in total. The van der Waals surface area contributed by atoms with Crippen molar-refractivity contribution in [3.63, 3.8) is 0 Å². The summed E-state index contributed by atoms with van der Waals surface area (Å²) in [7, 11) is -3.78. The van der Waals surface area contributed by atoms with Crippen LogP contribution in [0.5, 0.6) is 5.75 Å². The summed E-state index contributed by atoms with van der Waals surface area (Å²) in [5.74, 6) is 0.00313. The molecule has 0 radical (unpaired) electrons. The average Bonchev–Trinajstić information content (AvgIpc) is 3.20. The second-order valence-corrected chi connectivity index (χ2v) is 11.9. The van der Waals surface area contributed by atoms with Crippen molar-refractivity contribution < 1.29 is 17.9 Å². The van der Waals surface area contributed by atoms with Gasteiger partial charge >= 0.3 is 0 Å². The number of halogens is 2. The van der Waals surface area contributed by atoms with Gasteiger partial charge in [0.1, 0.15) is 5.75 Å². The maximum absolute atomic E-state index is 12.5. The smallest absolute Gasteiger partial charge is 0.239 e. The lowest BCUT2D eigenvalue weighted by Gasteiger charge is -2.10. The van der Waals surface area contributed by atoms with Crippen LogP contribution < -0.4 is 9.46 Å². The molecule has 9 heteroatoms. The predicted octanol–water partition coefficient (Wildman–Crippen LogP) is 6.61. The molecule has 38 heavy (non-hydrogen) atoms. The van der Waals surface area contributed by atoms with Crippen molar-refractivity contribution in [2.45, 2.75) is 45.4 Å². The molecule has 0 spiro atoms. The fourth-order valence-electron chi connectivity index (χ4n) is 4.44. The monoisotopic (exact) mass is 572 g/mol. The molecule has 0 aliphatic heterocycles. The summed E-state index contributed by atoms with van der Waals surface area (Å²) in [6.07, 6.45) is 3.58. The molecular weight excluding hydrogens is 543 g/mol. The minimum atomic E-state index is -3.78. The van der Waals surface area contributed by atoms with E-state index < -0.39 is 15.9 Å². The number of benzene rings is 3. The largest absolute Gasteiger partial charge is 0.494 e. The van der Waals surface area contributed by atoms with Crippen LogP contribution in [0.25, 0.3) is 10.9 Å². The number of ether oxygens (including phenoxy) is 1. The first-order valence-electron chi connectivity index (χ1n) is 12.4. The summed E-state index contributed by atoms with van der Waals surface area (Å²) in [5.41, 5.74) is 4.60. The standard InChI is InChI=1S/C29H30Cl2N2O4S/c1-20-15-25(16-21(2)29(20)31)37-14-6-9-23-18-33(27-17-24(30)10-11-26(23)27)13-12-28(34)32-38(35,36)19-22-7-4-3-5-8-22/h3-5,7-8,10-11,15-18H,6,9,12-14,19H2,1-2H3,(H,32,34). The van der Waals surface area contributed by atoms with E-state index in [4.69, 9.17) is 27.9 Å². The molecule has 0 saturated heterocycles. The molecule has 1 amide bonds. The van der Waals surface area contributed by atoms with E-state index in [0.717, 1.165) is 51.2 Å². The molecule has 0 atom stereocenters. The van der Waals surface area contributed by atoms with Crippen LogP contribution in [0.2, 0.25) is 10.0 Å². The Bertz CT molecular complexity index is 1530. The Hall–Kier alpha value is -3.00. The van der Waals surface area contributed by atoms with Crippen LogP contribution in [0.4, 0.5) is 0 Å². The number of carbonyl (C=O) groups is 1. The fraction of sp³-hybridized carbons (Fsp3) is 0.276. The van der Waals surface area contributed by atoms with Crippen molar-refractivity contribution in [1.82, 2.24) is 9.29 Å². The third-order valence-corrected chi connectivity index (χ3v) is 8.33. The average molecular weight is 574 g/mol. The maximum Gasteiger partial charge on any atom is 0.239 e. The lowest BCUT2D eigenvalue weighted by atomic mass is 10.1. The molecule has 1 heterocycles. The molecule has 200 valence electrons. The van der Waals surface area contributed by atoms with Gasteiger partial charge in [-0.3, -0.25) is 9.52 Å². The second kappa shape index (κ2) is 12.2. The number of hydrogen-bond donors (Lipinski definition) is 1. The van der Waals surface area contributed by atoms with Gasteiger partial charge in [0, 0.05) is 40.1 Å². The number of nitrogens with zero attached hydrogens (tertiary/aromatic N) is 1. The van der Waals surface area contributed by atoms with Crippen LogP contribution in [0.15, 0.2) is 66.9 Å². The second-order valence-electron chi connectivity index (χ2n) is 9.35. The highest BCUT2D eigenvalue weighted by molar-refractivity contribution is 7.89.